The normalized spacial score (nSPS) is 27.8. The molecule has 6 unspecified atom stereocenters. The van der Waals surface area contributed by atoms with Crippen LogP contribution in [0.1, 0.15) is 92.9 Å². The topological polar surface area (TPSA) is 97.0 Å². The second-order valence-electron chi connectivity index (χ2n) is 13.4. The van der Waals surface area contributed by atoms with Crippen molar-refractivity contribution in [2.24, 2.45) is 11.8 Å². The molecule has 3 N–H and O–H groups in total. The van der Waals surface area contributed by atoms with Crippen molar-refractivity contribution in [3.05, 3.63) is 0 Å². The van der Waals surface area contributed by atoms with E-state index in [2.05, 4.69) is 51.4 Å². The lowest BCUT2D eigenvalue weighted by Crippen LogP contribution is -2.41. The molecular formula is C34H68N6O3. The quantitative estimate of drug-likeness (QED) is 0.228. The Kier molecular flexibility index (Phi) is 20.6. The van der Waals surface area contributed by atoms with Crippen molar-refractivity contribution < 1.29 is 14.4 Å². The fourth-order valence-corrected chi connectivity index (χ4v) is 7.18. The van der Waals surface area contributed by atoms with E-state index in [0.29, 0.717) is 36.1 Å². The van der Waals surface area contributed by atoms with Crippen LogP contribution in [0.3, 0.4) is 0 Å². The first-order chi connectivity index (χ1) is 20.5. The van der Waals surface area contributed by atoms with Crippen molar-refractivity contribution in [1.29, 1.82) is 0 Å². The first-order valence-corrected chi connectivity index (χ1v) is 17.2. The van der Waals surface area contributed by atoms with E-state index in [1.807, 2.05) is 21.1 Å². The maximum Gasteiger partial charge on any atom is 0.146 e. The van der Waals surface area contributed by atoms with Gasteiger partial charge in [-0.2, -0.15) is 0 Å². The SMILES string of the molecule is CCCN1C(CCNC)CCC1C(C)=O.CNCCC1CC(C)CN1CC(C)=O.CNCCCN1CC(C)CC1C(C)=O. The van der Waals surface area contributed by atoms with Crippen LogP contribution in [0.15, 0.2) is 0 Å². The number of ketones is 3. The smallest absolute Gasteiger partial charge is 0.146 e. The number of nitrogens with one attached hydrogen (secondary N) is 3. The molecule has 9 heteroatoms. The van der Waals surface area contributed by atoms with Crippen LogP contribution < -0.4 is 16.0 Å². The van der Waals surface area contributed by atoms with E-state index in [4.69, 9.17) is 0 Å². The summed E-state index contributed by atoms with van der Waals surface area (Å²) in [4.78, 5) is 41.0. The van der Waals surface area contributed by atoms with E-state index >= 15 is 0 Å². The number of hydrogen-bond acceptors (Lipinski definition) is 9. The molecule has 3 saturated heterocycles. The van der Waals surface area contributed by atoms with Gasteiger partial charge in [0.15, 0.2) is 0 Å². The second kappa shape index (κ2) is 22.3. The second-order valence-corrected chi connectivity index (χ2v) is 13.4. The highest BCUT2D eigenvalue weighted by atomic mass is 16.1. The lowest BCUT2D eigenvalue weighted by Gasteiger charge is -2.28. The van der Waals surface area contributed by atoms with Crippen molar-refractivity contribution in [2.45, 2.75) is 117 Å². The number of likely N-dealkylation sites (tertiary alicyclic amines) is 3. The highest BCUT2D eigenvalue weighted by molar-refractivity contribution is 5.82. The minimum absolute atomic E-state index is 0.196. The Morgan fingerprint density at radius 3 is 1.79 bits per heavy atom. The Bertz CT molecular complexity index is 796. The summed E-state index contributed by atoms with van der Waals surface area (Å²) in [6.45, 7) is 19.9. The molecule has 3 rings (SSSR count). The van der Waals surface area contributed by atoms with Crippen LogP contribution in [0.2, 0.25) is 0 Å². The maximum absolute atomic E-state index is 11.5. The van der Waals surface area contributed by atoms with Crippen LogP contribution in [-0.2, 0) is 14.4 Å². The molecule has 9 nitrogen and oxygen atoms in total. The molecule has 3 aliphatic rings. The monoisotopic (exact) mass is 609 g/mol. The lowest BCUT2D eigenvalue weighted by molar-refractivity contribution is -0.122. The van der Waals surface area contributed by atoms with Crippen LogP contribution in [0, 0.1) is 11.8 Å². The van der Waals surface area contributed by atoms with Gasteiger partial charge < -0.3 is 16.0 Å². The molecule has 3 fully saturated rings. The van der Waals surface area contributed by atoms with E-state index in [9.17, 15) is 14.4 Å². The van der Waals surface area contributed by atoms with Gasteiger partial charge >= 0.3 is 0 Å². The van der Waals surface area contributed by atoms with Crippen LogP contribution in [0.5, 0.6) is 0 Å². The summed E-state index contributed by atoms with van der Waals surface area (Å²) in [5.74, 6) is 2.39. The number of hydrogen-bond donors (Lipinski definition) is 3. The third kappa shape index (κ3) is 15.1. The molecule has 43 heavy (non-hydrogen) atoms. The summed E-state index contributed by atoms with van der Waals surface area (Å²) in [6.07, 6.45) is 9.14. The molecule has 252 valence electrons. The van der Waals surface area contributed by atoms with Gasteiger partial charge in [0, 0.05) is 31.7 Å². The first kappa shape index (κ1) is 39.8. The summed E-state index contributed by atoms with van der Waals surface area (Å²) in [7, 11) is 5.93. The maximum atomic E-state index is 11.5. The predicted molar refractivity (Wildman–Crippen MR) is 180 cm³/mol. The molecule has 3 heterocycles. The highest BCUT2D eigenvalue weighted by Gasteiger charge is 2.35. The Hall–Kier alpha value is -1.23. The Morgan fingerprint density at radius 2 is 1.26 bits per heavy atom. The number of nitrogens with zero attached hydrogens (tertiary/aromatic N) is 3. The Balaban J connectivity index is 0.000000323. The molecule has 0 radical (unpaired) electrons. The molecule has 0 aromatic rings. The van der Waals surface area contributed by atoms with E-state index < -0.39 is 0 Å². The zero-order valence-corrected chi connectivity index (χ0v) is 29.3. The van der Waals surface area contributed by atoms with Gasteiger partial charge in [0.2, 0.25) is 0 Å². The fourth-order valence-electron chi connectivity index (χ4n) is 7.18. The first-order valence-electron chi connectivity index (χ1n) is 17.2. The summed E-state index contributed by atoms with van der Waals surface area (Å²) >= 11 is 0. The lowest BCUT2D eigenvalue weighted by atomic mass is 10.1. The molecule has 0 aromatic carbocycles. The van der Waals surface area contributed by atoms with Crippen LogP contribution in [0.4, 0.5) is 0 Å². The van der Waals surface area contributed by atoms with Gasteiger partial charge in [-0.3, -0.25) is 29.1 Å². The molecule has 6 atom stereocenters. The van der Waals surface area contributed by atoms with Crippen molar-refractivity contribution in [2.75, 3.05) is 73.5 Å². The van der Waals surface area contributed by atoms with Crippen molar-refractivity contribution in [3.8, 4) is 0 Å². The molecule has 3 aliphatic heterocycles. The molecule has 0 amide bonds. The van der Waals surface area contributed by atoms with Gasteiger partial charge in [-0.05, 0) is 131 Å². The van der Waals surface area contributed by atoms with Crippen molar-refractivity contribution in [3.63, 3.8) is 0 Å². The van der Waals surface area contributed by atoms with Gasteiger partial charge in [0.25, 0.3) is 0 Å². The van der Waals surface area contributed by atoms with Crippen LogP contribution in [-0.4, -0.2) is 130 Å². The van der Waals surface area contributed by atoms with Gasteiger partial charge in [-0.1, -0.05) is 20.8 Å². The van der Waals surface area contributed by atoms with E-state index in [1.54, 1.807) is 20.8 Å². The number of Topliss-reactive ketones (excluding diaryl/α,β-unsaturated/α-hetero) is 3. The van der Waals surface area contributed by atoms with Crippen molar-refractivity contribution in [1.82, 2.24) is 30.7 Å². The van der Waals surface area contributed by atoms with Gasteiger partial charge in [-0.15, -0.1) is 0 Å². The van der Waals surface area contributed by atoms with Crippen LogP contribution >= 0.6 is 0 Å². The Labute approximate surface area is 264 Å². The molecule has 0 saturated carbocycles. The fraction of sp³-hybridized carbons (Fsp3) is 0.912. The summed E-state index contributed by atoms with van der Waals surface area (Å²) in [5.41, 5.74) is 0. The third-order valence-corrected chi connectivity index (χ3v) is 9.17. The number of carbonyl (C=O) groups excluding carboxylic acids is 3. The molecular weight excluding hydrogens is 540 g/mol. The minimum atomic E-state index is 0.196. The standard InChI is InChI=1S/C12H24N2O.2C11H22N2O/c1-4-9-14-11(7-8-13-3)5-6-12(14)10(2)15;1-9-6-11(4-5-12-3)13(7-9)8-10(2)14;1-9-7-11(10(2)14)13(8-9)6-4-5-12-3/h11-13H,4-9H2,1-3H3;2*9,11-12H,4-8H2,1-3H3. The van der Waals surface area contributed by atoms with Gasteiger partial charge in [0.1, 0.15) is 17.3 Å². The summed E-state index contributed by atoms with van der Waals surface area (Å²) in [6, 6.07) is 1.63. The summed E-state index contributed by atoms with van der Waals surface area (Å²) < 4.78 is 0. The largest absolute Gasteiger partial charge is 0.320 e. The number of carbonyl (C=O) groups is 3. The molecule has 0 bridgehead atoms. The average Bonchev–Trinajstić information content (AvgIpc) is 3.63. The zero-order chi connectivity index (χ0) is 32.4. The van der Waals surface area contributed by atoms with Crippen molar-refractivity contribution >= 4 is 17.3 Å². The molecule has 0 aromatic heterocycles. The average molecular weight is 609 g/mol. The molecule has 0 spiro atoms. The highest BCUT2D eigenvalue weighted by Crippen LogP contribution is 2.27. The molecule has 0 aliphatic carbocycles. The van der Waals surface area contributed by atoms with Gasteiger partial charge in [0.05, 0.1) is 18.6 Å². The van der Waals surface area contributed by atoms with Crippen LogP contribution in [0.25, 0.3) is 0 Å². The van der Waals surface area contributed by atoms with E-state index in [-0.39, 0.29) is 17.9 Å². The summed E-state index contributed by atoms with van der Waals surface area (Å²) in [5, 5.41) is 9.50. The third-order valence-electron chi connectivity index (χ3n) is 9.17. The van der Waals surface area contributed by atoms with Gasteiger partial charge in [-0.25, -0.2) is 0 Å². The van der Waals surface area contributed by atoms with E-state index in [1.165, 1.54) is 19.3 Å². The number of rotatable bonds is 16. The Morgan fingerprint density at radius 1 is 0.698 bits per heavy atom. The minimum Gasteiger partial charge on any atom is -0.320 e. The predicted octanol–water partition coefficient (Wildman–Crippen LogP) is 3.22. The zero-order valence-electron chi connectivity index (χ0n) is 29.3. The van der Waals surface area contributed by atoms with E-state index in [0.717, 1.165) is 83.8 Å².